The number of Topliss-reactive ketones (excluding diaryl/α,β-unsaturated/α-hetero) is 1. The summed E-state index contributed by atoms with van der Waals surface area (Å²) in [4.78, 5) is 14.5. The van der Waals surface area contributed by atoms with Crippen LogP contribution in [0.25, 0.3) is 0 Å². The van der Waals surface area contributed by atoms with Gasteiger partial charge in [0, 0.05) is 12.1 Å². The van der Waals surface area contributed by atoms with Crippen molar-refractivity contribution in [3.63, 3.8) is 0 Å². The van der Waals surface area contributed by atoms with E-state index in [-0.39, 0.29) is 5.78 Å². The van der Waals surface area contributed by atoms with Gasteiger partial charge in [-0.2, -0.15) is 0 Å². The molecule has 0 N–H and O–H groups in total. The van der Waals surface area contributed by atoms with Crippen LogP contribution >= 0.6 is 0 Å². The maximum Gasteiger partial charge on any atom is 0.177 e. The highest BCUT2D eigenvalue weighted by Crippen LogP contribution is 2.25. The van der Waals surface area contributed by atoms with Crippen molar-refractivity contribution in [3.05, 3.63) is 34.9 Å². The normalized spacial score (nSPS) is 16.2. The quantitative estimate of drug-likeness (QED) is 0.753. The first kappa shape index (κ1) is 14.3. The van der Waals surface area contributed by atoms with E-state index in [0.29, 0.717) is 6.54 Å². The van der Waals surface area contributed by atoms with Crippen molar-refractivity contribution in [2.75, 3.05) is 20.1 Å². The first-order valence-electron chi connectivity index (χ1n) is 7.35. The molecule has 2 heteroatoms. The third-order valence-corrected chi connectivity index (χ3v) is 4.14. The SMILES string of the molecule is Cc1ccc(C(=O)CN(C)CC2CCCC2)c(C)c1. The third-order valence-electron chi connectivity index (χ3n) is 4.14. The molecule has 2 nitrogen and oxygen atoms in total. The van der Waals surface area contributed by atoms with Gasteiger partial charge in [-0.1, -0.05) is 36.6 Å². The molecule has 0 amide bonds. The lowest BCUT2D eigenvalue weighted by Gasteiger charge is -2.20. The molecule has 0 atom stereocenters. The molecule has 0 aromatic heterocycles. The molecule has 0 aliphatic heterocycles. The molecule has 0 heterocycles. The fourth-order valence-electron chi connectivity index (χ4n) is 3.16. The third kappa shape index (κ3) is 3.90. The lowest BCUT2D eigenvalue weighted by molar-refractivity contribution is 0.0937. The molecular formula is C17H25NO. The van der Waals surface area contributed by atoms with E-state index in [9.17, 15) is 4.79 Å². The molecule has 1 aromatic carbocycles. The Labute approximate surface area is 116 Å². The highest BCUT2D eigenvalue weighted by atomic mass is 16.1. The van der Waals surface area contributed by atoms with E-state index < -0.39 is 0 Å². The molecule has 0 unspecified atom stereocenters. The Balaban J connectivity index is 1.92. The minimum atomic E-state index is 0.248. The number of nitrogens with zero attached hydrogens (tertiary/aromatic N) is 1. The van der Waals surface area contributed by atoms with Crippen LogP contribution in [0.15, 0.2) is 18.2 Å². The van der Waals surface area contributed by atoms with E-state index in [2.05, 4.69) is 24.9 Å². The Morgan fingerprint density at radius 1 is 1.26 bits per heavy atom. The molecule has 19 heavy (non-hydrogen) atoms. The molecule has 0 saturated heterocycles. The van der Waals surface area contributed by atoms with Crippen molar-refractivity contribution >= 4 is 5.78 Å². The zero-order valence-electron chi connectivity index (χ0n) is 12.4. The Kier molecular flexibility index (Phi) is 4.76. The fraction of sp³-hybridized carbons (Fsp3) is 0.588. The zero-order valence-corrected chi connectivity index (χ0v) is 12.4. The number of benzene rings is 1. The van der Waals surface area contributed by atoms with Gasteiger partial charge in [0.1, 0.15) is 0 Å². The zero-order chi connectivity index (χ0) is 13.8. The summed E-state index contributed by atoms with van der Waals surface area (Å²) in [6.07, 6.45) is 5.40. The molecule has 0 radical (unpaired) electrons. The minimum absolute atomic E-state index is 0.248. The van der Waals surface area contributed by atoms with Crippen LogP contribution in [0.5, 0.6) is 0 Å². The van der Waals surface area contributed by atoms with Gasteiger partial charge in [0.25, 0.3) is 0 Å². The summed E-state index contributed by atoms with van der Waals surface area (Å²) in [6, 6.07) is 6.08. The topological polar surface area (TPSA) is 20.3 Å². The van der Waals surface area contributed by atoms with E-state index in [4.69, 9.17) is 0 Å². The first-order valence-corrected chi connectivity index (χ1v) is 7.35. The number of hydrogen-bond donors (Lipinski definition) is 0. The number of ketones is 1. The monoisotopic (exact) mass is 259 g/mol. The van der Waals surface area contributed by atoms with Crippen LogP contribution in [0.3, 0.4) is 0 Å². The number of hydrogen-bond acceptors (Lipinski definition) is 2. The number of rotatable bonds is 5. The molecule has 1 fully saturated rings. The summed E-state index contributed by atoms with van der Waals surface area (Å²) in [6.45, 7) is 5.70. The second-order valence-electron chi connectivity index (χ2n) is 6.09. The van der Waals surface area contributed by atoms with Crippen LogP contribution in [-0.2, 0) is 0 Å². The van der Waals surface area contributed by atoms with Crippen LogP contribution in [0, 0.1) is 19.8 Å². The van der Waals surface area contributed by atoms with Crippen molar-refractivity contribution < 1.29 is 4.79 Å². The van der Waals surface area contributed by atoms with Crippen molar-refractivity contribution in [1.82, 2.24) is 4.90 Å². The summed E-state index contributed by atoms with van der Waals surface area (Å²) in [5, 5.41) is 0. The van der Waals surface area contributed by atoms with Crippen LogP contribution in [-0.4, -0.2) is 30.8 Å². The second kappa shape index (κ2) is 6.33. The van der Waals surface area contributed by atoms with Crippen LogP contribution in [0.4, 0.5) is 0 Å². The summed E-state index contributed by atoms with van der Waals surface area (Å²) >= 11 is 0. The van der Waals surface area contributed by atoms with Crippen LogP contribution in [0.2, 0.25) is 0 Å². The lowest BCUT2D eigenvalue weighted by atomic mass is 10.0. The molecule has 1 aliphatic rings. The maximum absolute atomic E-state index is 12.3. The van der Waals surface area contributed by atoms with Crippen molar-refractivity contribution in [3.8, 4) is 0 Å². The smallest absolute Gasteiger partial charge is 0.177 e. The molecule has 2 rings (SSSR count). The fourth-order valence-corrected chi connectivity index (χ4v) is 3.16. The Morgan fingerprint density at radius 3 is 2.58 bits per heavy atom. The van der Waals surface area contributed by atoms with Gasteiger partial charge in [-0.3, -0.25) is 9.69 Å². The highest BCUT2D eigenvalue weighted by Gasteiger charge is 2.18. The van der Waals surface area contributed by atoms with Gasteiger partial charge in [-0.05, 0) is 45.2 Å². The summed E-state index contributed by atoms with van der Waals surface area (Å²) in [5.41, 5.74) is 3.19. The minimum Gasteiger partial charge on any atom is -0.299 e. The van der Waals surface area contributed by atoms with Gasteiger partial charge in [0.05, 0.1) is 6.54 Å². The van der Waals surface area contributed by atoms with Gasteiger partial charge < -0.3 is 0 Å². The summed E-state index contributed by atoms with van der Waals surface area (Å²) in [7, 11) is 2.07. The predicted octanol–water partition coefficient (Wildman–Crippen LogP) is 3.61. The van der Waals surface area contributed by atoms with Gasteiger partial charge in [-0.25, -0.2) is 0 Å². The number of aryl methyl sites for hydroxylation is 2. The molecule has 1 aromatic rings. The maximum atomic E-state index is 12.3. The van der Waals surface area contributed by atoms with Gasteiger partial charge in [0.15, 0.2) is 5.78 Å². The molecule has 104 valence electrons. The molecular weight excluding hydrogens is 234 g/mol. The molecule has 0 spiro atoms. The van der Waals surface area contributed by atoms with E-state index in [0.717, 1.165) is 23.6 Å². The van der Waals surface area contributed by atoms with Crippen molar-refractivity contribution in [2.24, 2.45) is 5.92 Å². The van der Waals surface area contributed by atoms with Gasteiger partial charge in [0.2, 0.25) is 0 Å². The Bertz CT molecular complexity index is 447. The van der Waals surface area contributed by atoms with E-state index in [1.54, 1.807) is 0 Å². The average Bonchev–Trinajstić information content (AvgIpc) is 2.81. The lowest BCUT2D eigenvalue weighted by Crippen LogP contribution is -2.30. The summed E-state index contributed by atoms with van der Waals surface area (Å²) in [5.74, 6) is 1.05. The standard InChI is InChI=1S/C17H25NO/c1-13-8-9-16(14(2)10-13)17(19)12-18(3)11-15-6-4-5-7-15/h8-10,15H,4-7,11-12H2,1-3H3. The number of likely N-dealkylation sites (N-methyl/N-ethyl adjacent to an activating group) is 1. The van der Waals surface area contributed by atoms with Crippen molar-refractivity contribution in [2.45, 2.75) is 39.5 Å². The number of carbonyl (C=O) groups excluding carboxylic acids is 1. The molecule has 1 saturated carbocycles. The average molecular weight is 259 g/mol. The predicted molar refractivity (Wildman–Crippen MR) is 79.7 cm³/mol. The Morgan fingerprint density at radius 2 is 1.95 bits per heavy atom. The molecule has 1 aliphatic carbocycles. The second-order valence-corrected chi connectivity index (χ2v) is 6.09. The Hall–Kier alpha value is -1.15. The van der Waals surface area contributed by atoms with E-state index in [1.807, 2.05) is 19.1 Å². The van der Waals surface area contributed by atoms with Crippen molar-refractivity contribution in [1.29, 1.82) is 0 Å². The van der Waals surface area contributed by atoms with Crippen LogP contribution in [0.1, 0.15) is 47.2 Å². The number of carbonyl (C=O) groups is 1. The van der Waals surface area contributed by atoms with Gasteiger partial charge in [-0.15, -0.1) is 0 Å². The van der Waals surface area contributed by atoms with Crippen LogP contribution < -0.4 is 0 Å². The first-order chi connectivity index (χ1) is 9.06. The van der Waals surface area contributed by atoms with E-state index >= 15 is 0 Å². The largest absolute Gasteiger partial charge is 0.299 e. The molecule has 0 bridgehead atoms. The van der Waals surface area contributed by atoms with E-state index in [1.165, 1.54) is 31.2 Å². The summed E-state index contributed by atoms with van der Waals surface area (Å²) < 4.78 is 0. The van der Waals surface area contributed by atoms with Gasteiger partial charge >= 0.3 is 0 Å². The highest BCUT2D eigenvalue weighted by molar-refractivity contribution is 5.98.